The number of nitrogens with two attached hydrogens (primary N) is 2. The molecular weight excluding hydrogens is 498 g/mol. The minimum absolute atomic E-state index is 0.0322. The highest BCUT2D eigenvalue weighted by Crippen LogP contribution is 2.12. The van der Waals surface area contributed by atoms with Crippen molar-refractivity contribution >= 4 is 48.2 Å². The van der Waals surface area contributed by atoms with Gasteiger partial charge in [-0.15, -0.1) is 0 Å². The molecule has 4 atom stereocenters. The van der Waals surface area contributed by atoms with Crippen molar-refractivity contribution in [3.05, 3.63) is 29.8 Å². The van der Waals surface area contributed by atoms with E-state index < -0.39 is 66.2 Å². The molecule has 0 fully saturated rings. The van der Waals surface area contributed by atoms with Crippen molar-refractivity contribution in [3.63, 3.8) is 0 Å². The van der Waals surface area contributed by atoms with E-state index in [4.69, 9.17) is 21.7 Å². The lowest BCUT2D eigenvalue weighted by molar-refractivity contribution is -0.143. The van der Waals surface area contributed by atoms with Gasteiger partial charge in [0.2, 0.25) is 23.6 Å². The molecule has 36 heavy (non-hydrogen) atoms. The zero-order valence-corrected chi connectivity index (χ0v) is 19.9. The van der Waals surface area contributed by atoms with Gasteiger partial charge in [-0.1, -0.05) is 12.1 Å². The van der Waals surface area contributed by atoms with E-state index in [1.807, 2.05) is 0 Å². The lowest BCUT2D eigenvalue weighted by atomic mass is 10.0. The highest BCUT2D eigenvalue weighted by Gasteiger charge is 2.30. The Balaban J connectivity index is 3.02. The van der Waals surface area contributed by atoms with E-state index in [-0.39, 0.29) is 30.8 Å². The molecule has 0 heterocycles. The van der Waals surface area contributed by atoms with Crippen LogP contribution in [-0.2, 0) is 35.2 Å². The molecule has 0 saturated heterocycles. The third-order valence-electron chi connectivity index (χ3n) is 4.85. The van der Waals surface area contributed by atoms with Crippen LogP contribution in [-0.4, -0.2) is 80.8 Å². The number of phenolic OH excluding ortho intramolecular Hbond substituents is 1. The summed E-state index contributed by atoms with van der Waals surface area (Å²) >= 11 is 4.00. The molecule has 4 amide bonds. The largest absolute Gasteiger partial charge is 0.508 e. The predicted octanol–water partition coefficient (Wildman–Crippen LogP) is -2.53. The smallest absolute Gasteiger partial charge is 0.326 e. The molecule has 0 aromatic heterocycles. The molecule has 0 aliphatic rings. The number of benzene rings is 1. The van der Waals surface area contributed by atoms with Crippen LogP contribution in [0.25, 0.3) is 0 Å². The number of rotatable bonds is 15. The average molecular weight is 528 g/mol. The van der Waals surface area contributed by atoms with Gasteiger partial charge in [-0.25, -0.2) is 4.79 Å². The molecule has 0 bridgehead atoms. The second-order valence-corrected chi connectivity index (χ2v) is 8.15. The molecule has 198 valence electrons. The van der Waals surface area contributed by atoms with Crippen LogP contribution in [0.2, 0.25) is 0 Å². The maximum atomic E-state index is 13.0. The Labute approximate surface area is 211 Å². The molecule has 0 spiro atoms. The summed E-state index contributed by atoms with van der Waals surface area (Å²) in [5.74, 6) is -6.56. The first-order valence-corrected chi connectivity index (χ1v) is 11.3. The van der Waals surface area contributed by atoms with Gasteiger partial charge in [-0.3, -0.25) is 24.0 Å². The first-order valence-electron chi connectivity index (χ1n) is 10.6. The number of primary amides is 1. The number of hydrogen-bond donors (Lipinski definition) is 9. The van der Waals surface area contributed by atoms with Crippen LogP contribution in [0.3, 0.4) is 0 Å². The van der Waals surface area contributed by atoms with Crippen LogP contribution in [0.4, 0.5) is 0 Å². The number of phenols is 1. The maximum Gasteiger partial charge on any atom is 0.326 e. The van der Waals surface area contributed by atoms with E-state index in [0.717, 1.165) is 0 Å². The second kappa shape index (κ2) is 14.5. The van der Waals surface area contributed by atoms with Crippen molar-refractivity contribution in [2.24, 2.45) is 11.5 Å². The lowest BCUT2D eigenvalue weighted by Gasteiger charge is -2.24. The lowest BCUT2D eigenvalue weighted by Crippen LogP contribution is -2.58. The fourth-order valence-electron chi connectivity index (χ4n) is 2.91. The molecule has 14 nitrogen and oxygen atoms in total. The number of nitrogens with one attached hydrogen (secondary N) is 3. The summed E-state index contributed by atoms with van der Waals surface area (Å²) in [4.78, 5) is 71.1. The Morgan fingerprint density at radius 3 is 1.89 bits per heavy atom. The number of aromatic hydroxyl groups is 1. The fourth-order valence-corrected chi connectivity index (χ4v) is 3.16. The van der Waals surface area contributed by atoms with Crippen LogP contribution in [0.5, 0.6) is 5.75 Å². The van der Waals surface area contributed by atoms with Crippen molar-refractivity contribution < 1.29 is 44.1 Å². The molecule has 1 aromatic rings. The molecule has 4 unspecified atom stereocenters. The molecule has 0 radical (unpaired) electrons. The molecule has 0 saturated carbocycles. The Bertz CT molecular complexity index is 973. The van der Waals surface area contributed by atoms with E-state index in [2.05, 4.69) is 28.6 Å². The molecule has 0 aliphatic heterocycles. The van der Waals surface area contributed by atoms with Crippen LogP contribution in [0.1, 0.15) is 24.8 Å². The average Bonchev–Trinajstić information content (AvgIpc) is 2.80. The molecular formula is C21H29N5O9S. The van der Waals surface area contributed by atoms with Crippen LogP contribution in [0, 0.1) is 0 Å². The Hall–Kier alpha value is -3.85. The SMILES string of the molecule is NC(=O)CC(NC(=O)C(CS)NC(=O)C(Cc1ccc(O)cc1)NC(=O)C(N)CCC(=O)O)C(=O)O. The monoisotopic (exact) mass is 527 g/mol. The highest BCUT2D eigenvalue weighted by molar-refractivity contribution is 7.80. The summed E-state index contributed by atoms with van der Waals surface area (Å²) in [5, 5.41) is 34.3. The number of carbonyl (C=O) groups is 6. The van der Waals surface area contributed by atoms with Crippen molar-refractivity contribution in [3.8, 4) is 5.75 Å². The number of thiol groups is 1. The van der Waals surface area contributed by atoms with E-state index in [1.165, 1.54) is 24.3 Å². The molecule has 15 heteroatoms. The number of carboxylic acids is 2. The molecule has 0 aliphatic carbocycles. The van der Waals surface area contributed by atoms with Crippen LogP contribution in [0.15, 0.2) is 24.3 Å². The third kappa shape index (κ3) is 10.6. The summed E-state index contributed by atoms with van der Waals surface area (Å²) < 4.78 is 0. The van der Waals surface area contributed by atoms with Gasteiger partial charge in [0.05, 0.1) is 12.5 Å². The number of carbonyl (C=O) groups excluding carboxylic acids is 4. The van der Waals surface area contributed by atoms with Gasteiger partial charge in [-0.2, -0.15) is 12.6 Å². The zero-order valence-electron chi connectivity index (χ0n) is 19.0. The number of aliphatic carboxylic acids is 2. The zero-order chi connectivity index (χ0) is 27.4. The van der Waals surface area contributed by atoms with Gasteiger partial charge < -0.3 is 42.7 Å². The first-order chi connectivity index (χ1) is 16.8. The van der Waals surface area contributed by atoms with Crippen molar-refractivity contribution in [2.75, 3.05) is 5.75 Å². The number of hydrogen-bond acceptors (Lipinski definition) is 9. The number of carboxylic acid groups (broad SMARTS) is 2. The van der Waals surface area contributed by atoms with Gasteiger partial charge in [-0.05, 0) is 24.1 Å². The van der Waals surface area contributed by atoms with Gasteiger partial charge in [0.25, 0.3) is 0 Å². The standard InChI is InChI=1S/C21H29N5O9S/c22-12(5-6-17(29)30)18(31)24-13(7-10-1-3-11(27)4-2-10)19(32)26-15(9-36)20(33)25-14(21(34)35)8-16(23)28/h1-4,12-15,27,36H,5-9,22H2,(H2,23,28)(H,24,31)(H,25,33)(H,26,32)(H,29,30)(H,34,35). The highest BCUT2D eigenvalue weighted by atomic mass is 32.1. The van der Waals surface area contributed by atoms with Crippen molar-refractivity contribution in [1.82, 2.24) is 16.0 Å². The van der Waals surface area contributed by atoms with Gasteiger partial charge in [0, 0.05) is 18.6 Å². The van der Waals surface area contributed by atoms with E-state index in [9.17, 15) is 33.9 Å². The summed E-state index contributed by atoms with van der Waals surface area (Å²) in [6.07, 6.45) is -1.33. The fraction of sp³-hybridized carbons (Fsp3) is 0.429. The Morgan fingerprint density at radius 1 is 0.861 bits per heavy atom. The van der Waals surface area contributed by atoms with Gasteiger partial charge >= 0.3 is 11.9 Å². The van der Waals surface area contributed by atoms with Crippen molar-refractivity contribution in [2.45, 2.75) is 49.9 Å². The maximum absolute atomic E-state index is 13.0. The molecule has 1 aromatic carbocycles. The molecule has 10 N–H and O–H groups in total. The minimum atomic E-state index is -1.63. The quantitative estimate of drug-likeness (QED) is 0.108. The Kier molecular flexibility index (Phi) is 12.2. The summed E-state index contributed by atoms with van der Waals surface area (Å²) in [7, 11) is 0. The topological polar surface area (TPSA) is 251 Å². The van der Waals surface area contributed by atoms with Crippen molar-refractivity contribution in [1.29, 1.82) is 0 Å². The summed E-state index contributed by atoms with van der Waals surface area (Å²) in [5.41, 5.74) is 11.2. The van der Waals surface area contributed by atoms with Gasteiger partial charge in [0.15, 0.2) is 0 Å². The molecule has 1 rings (SSSR count). The predicted molar refractivity (Wildman–Crippen MR) is 128 cm³/mol. The van der Waals surface area contributed by atoms with Crippen LogP contribution < -0.4 is 27.4 Å². The summed E-state index contributed by atoms with van der Waals surface area (Å²) in [6, 6.07) is 0.217. The Morgan fingerprint density at radius 2 is 1.39 bits per heavy atom. The second-order valence-electron chi connectivity index (χ2n) is 7.78. The normalized spacial score (nSPS) is 13.9. The third-order valence-corrected chi connectivity index (χ3v) is 5.22. The van der Waals surface area contributed by atoms with E-state index >= 15 is 0 Å². The van der Waals surface area contributed by atoms with E-state index in [0.29, 0.717) is 5.56 Å². The first kappa shape index (κ1) is 30.2. The number of amides is 4. The van der Waals surface area contributed by atoms with Crippen LogP contribution >= 0.6 is 12.6 Å². The summed E-state index contributed by atoms with van der Waals surface area (Å²) in [6.45, 7) is 0. The van der Waals surface area contributed by atoms with E-state index in [1.54, 1.807) is 0 Å². The minimum Gasteiger partial charge on any atom is -0.508 e. The van der Waals surface area contributed by atoms with Gasteiger partial charge in [0.1, 0.15) is 23.9 Å².